The van der Waals surface area contributed by atoms with E-state index in [4.69, 9.17) is 14.6 Å². The van der Waals surface area contributed by atoms with Crippen LogP contribution in [0.3, 0.4) is 0 Å². The van der Waals surface area contributed by atoms with Crippen LogP contribution >= 0.6 is 0 Å². The summed E-state index contributed by atoms with van der Waals surface area (Å²) in [7, 11) is 0. The highest BCUT2D eigenvalue weighted by Crippen LogP contribution is 2.09. The van der Waals surface area contributed by atoms with Gasteiger partial charge in [0, 0.05) is 6.54 Å². The molecule has 0 spiro atoms. The van der Waals surface area contributed by atoms with E-state index in [0.29, 0.717) is 6.54 Å². The Labute approximate surface area is 110 Å². The summed E-state index contributed by atoms with van der Waals surface area (Å²) in [5, 5.41) is 8.84. The molecule has 1 aromatic rings. The lowest BCUT2D eigenvalue weighted by Crippen LogP contribution is -2.48. The molecule has 1 atom stereocenters. The van der Waals surface area contributed by atoms with E-state index in [9.17, 15) is 9.59 Å². The molecule has 0 bridgehead atoms. The molecule has 0 radical (unpaired) electrons. The number of hydrogen-bond donors (Lipinski definition) is 1. The summed E-state index contributed by atoms with van der Waals surface area (Å²) >= 11 is 0. The number of benzene rings is 1. The fraction of sp³-hybridized carbons (Fsp3) is 0.385. The van der Waals surface area contributed by atoms with Gasteiger partial charge in [0.2, 0.25) is 0 Å². The Balaban J connectivity index is 1.84. The average molecular weight is 265 g/mol. The molecule has 6 nitrogen and oxygen atoms in total. The number of carboxylic acid groups (broad SMARTS) is 1. The van der Waals surface area contributed by atoms with Crippen molar-refractivity contribution in [3.05, 3.63) is 35.9 Å². The number of carboxylic acids is 1. The minimum atomic E-state index is -1.07. The van der Waals surface area contributed by atoms with Crippen molar-refractivity contribution in [3.8, 4) is 0 Å². The van der Waals surface area contributed by atoms with Crippen molar-refractivity contribution >= 4 is 12.1 Å². The first-order chi connectivity index (χ1) is 9.16. The Morgan fingerprint density at radius 1 is 1.37 bits per heavy atom. The smallest absolute Gasteiger partial charge is 0.410 e. The molecule has 0 saturated carbocycles. The van der Waals surface area contributed by atoms with Crippen LogP contribution in [-0.2, 0) is 20.9 Å². The Kier molecular flexibility index (Phi) is 4.35. The highest BCUT2D eigenvalue weighted by molar-refractivity contribution is 5.74. The van der Waals surface area contributed by atoms with Gasteiger partial charge in [0.05, 0.1) is 13.2 Å². The molecule has 1 amide bonds. The second-order valence-corrected chi connectivity index (χ2v) is 4.18. The summed E-state index contributed by atoms with van der Waals surface area (Å²) in [6.45, 7) is 0.743. The van der Waals surface area contributed by atoms with Crippen molar-refractivity contribution in [3.63, 3.8) is 0 Å². The molecule has 1 N–H and O–H groups in total. The topological polar surface area (TPSA) is 76.1 Å². The first kappa shape index (κ1) is 13.4. The standard InChI is InChI=1S/C13H15NO5/c15-12(16)11-8-14(6-7-18-11)13(17)19-9-10-4-2-1-3-5-10/h1-5,11H,6-9H2,(H,15,16)/t11-/m0/s1. The number of carbonyl (C=O) groups excluding carboxylic acids is 1. The third-order valence-electron chi connectivity index (χ3n) is 2.81. The van der Waals surface area contributed by atoms with Gasteiger partial charge < -0.3 is 19.5 Å². The van der Waals surface area contributed by atoms with Gasteiger partial charge in [-0.3, -0.25) is 0 Å². The molecule has 1 fully saturated rings. The SMILES string of the molecule is O=C(O)[C@@H]1CN(C(=O)OCc2ccccc2)CCO1. The zero-order chi connectivity index (χ0) is 13.7. The largest absolute Gasteiger partial charge is 0.479 e. The third-order valence-corrected chi connectivity index (χ3v) is 2.81. The van der Waals surface area contributed by atoms with Crippen molar-refractivity contribution in [2.24, 2.45) is 0 Å². The molecule has 1 aliphatic heterocycles. The zero-order valence-corrected chi connectivity index (χ0v) is 10.3. The van der Waals surface area contributed by atoms with E-state index < -0.39 is 18.2 Å². The molecule has 0 aliphatic carbocycles. The van der Waals surface area contributed by atoms with Crippen molar-refractivity contribution in [2.45, 2.75) is 12.7 Å². The molecule has 102 valence electrons. The molecule has 0 aromatic heterocycles. The van der Waals surface area contributed by atoms with Gasteiger partial charge in [-0.2, -0.15) is 0 Å². The molecular weight excluding hydrogens is 250 g/mol. The van der Waals surface area contributed by atoms with Gasteiger partial charge in [-0.1, -0.05) is 30.3 Å². The van der Waals surface area contributed by atoms with E-state index in [0.717, 1.165) is 5.56 Å². The van der Waals surface area contributed by atoms with E-state index in [1.165, 1.54) is 4.90 Å². The predicted molar refractivity (Wildman–Crippen MR) is 65.6 cm³/mol. The van der Waals surface area contributed by atoms with Gasteiger partial charge in [-0.25, -0.2) is 9.59 Å². The van der Waals surface area contributed by atoms with Crippen LogP contribution in [0.1, 0.15) is 5.56 Å². The lowest BCUT2D eigenvalue weighted by atomic mass is 10.2. The number of rotatable bonds is 3. The molecule has 19 heavy (non-hydrogen) atoms. The number of amides is 1. The van der Waals surface area contributed by atoms with Crippen molar-refractivity contribution in [1.82, 2.24) is 4.90 Å². The van der Waals surface area contributed by atoms with Crippen LogP contribution in [0.4, 0.5) is 4.79 Å². The van der Waals surface area contributed by atoms with Crippen molar-refractivity contribution in [2.75, 3.05) is 19.7 Å². The molecular formula is C13H15NO5. The average Bonchev–Trinajstić information content (AvgIpc) is 2.46. The van der Waals surface area contributed by atoms with Crippen LogP contribution in [0.15, 0.2) is 30.3 Å². The van der Waals surface area contributed by atoms with Gasteiger partial charge in [-0.05, 0) is 5.56 Å². The molecule has 2 rings (SSSR count). The van der Waals surface area contributed by atoms with Crippen molar-refractivity contribution < 1.29 is 24.2 Å². The Bertz CT molecular complexity index is 448. The number of hydrogen-bond acceptors (Lipinski definition) is 4. The van der Waals surface area contributed by atoms with Crippen LogP contribution in [0, 0.1) is 0 Å². The summed E-state index contributed by atoms with van der Waals surface area (Å²) < 4.78 is 10.2. The van der Waals surface area contributed by atoms with Crippen LogP contribution in [0.25, 0.3) is 0 Å². The molecule has 1 aliphatic rings. The Hall–Kier alpha value is -2.08. The minimum Gasteiger partial charge on any atom is -0.479 e. The van der Waals surface area contributed by atoms with E-state index in [2.05, 4.69) is 0 Å². The van der Waals surface area contributed by atoms with Gasteiger partial charge in [-0.15, -0.1) is 0 Å². The van der Waals surface area contributed by atoms with Gasteiger partial charge in [0.1, 0.15) is 6.61 Å². The number of ether oxygens (including phenoxy) is 2. The van der Waals surface area contributed by atoms with E-state index in [-0.39, 0.29) is 19.8 Å². The fourth-order valence-electron chi connectivity index (χ4n) is 1.78. The third kappa shape index (κ3) is 3.69. The maximum Gasteiger partial charge on any atom is 0.410 e. The molecule has 6 heteroatoms. The molecule has 1 saturated heterocycles. The van der Waals surface area contributed by atoms with Gasteiger partial charge >= 0.3 is 12.1 Å². The maximum absolute atomic E-state index is 11.8. The lowest BCUT2D eigenvalue weighted by Gasteiger charge is -2.30. The molecule has 1 aromatic carbocycles. The first-order valence-electron chi connectivity index (χ1n) is 5.97. The van der Waals surface area contributed by atoms with Gasteiger partial charge in [0.25, 0.3) is 0 Å². The minimum absolute atomic E-state index is 0.0168. The number of aliphatic carboxylic acids is 1. The molecule has 0 unspecified atom stereocenters. The lowest BCUT2D eigenvalue weighted by molar-refractivity contribution is -0.155. The monoisotopic (exact) mass is 265 g/mol. The maximum atomic E-state index is 11.8. The highest BCUT2D eigenvalue weighted by atomic mass is 16.6. The summed E-state index contributed by atoms with van der Waals surface area (Å²) in [6, 6.07) is 9.31. The normalized spacial score (nSPS) is 18.9. The Morgan fingerprint density at radius 3 is 2.79 bits per heavy atom. The number of morpholine rings is 1. The number of carbonyl (C=O) groups is 2. The summed E-state index contributed by atoms with van der Waals surface area (Å²) in [5.74, 6) is -1.07. The molecule has 1 heterocycles. The van der Waals surface area contributed by atoms with Crippen LogP contribution in [-0.4, -0.2) is 47.9 Å². The Morgan fingerprint density at radius 2 is 2.11 bits per heavy atom. The highest BCUT2D eigenvalue weighted by Gasteiger charge is 2.29. The summed E-state index contributed by atoms with van der Waals surface area (Å²) in [4.78, 5) is 23.9. The fourth-order valence-corrected chi connectivity index (χ4v) is 1.78. The van der Waals surface area contributed by atoms with Gasteiger partial charge in [0.15, 0.2) is 6.10 Å². The summed E-state index contributed by atoms with van der Waals surface area (Å²) in [6.07, 6.45) is -1.49. The zero-order valence-electron chi connectivity index (χ0n) is 10.3. The van der Waals surface area contributed by atoms with Crippen LogP contribution in [0.2, 0.25) is 0 Å². The second kappa shape index (κ2) is 6.19. The van der Waals surface area contributed by atoms with Crippen LogP contribution in [0.5, 0.6) is 0 Å². The first-order valence-corrected chi connectivity index (χ1v) is 5.97. The second-order valence-electron chi connectivity index (χ2n) is 4.18. The van der Waals surface area contributed by atoms with E-state index in [1.807, 2.05) is 30.3 Å². The predicted octanol–water partition coefficient (Wildman–Crippen LogP) is 1.11. The van der Waals surface area contributed by atoms with E-state index >= 15 is 0 Å². The number of nitrogens with zero attached hydrogens (tertiary/aromatic N) is 1. The van der Waals surface area contributed by atoms with Crippen molar-refractivity contribution in [1.29, 1.82) is 0 Å². The van der Waals surface area contributed by atoms with E-state index in [1.54, 1.807) is 0 Å². The summed E-state index contributed by atoms with van der Waals surface area (Å²) in [5.41, 5.74) is 0.888. The quantitative estimate of drug-likeness (QED) is 0.886. The van der Waals surface area contributed by atoms with Crippen LogP contribution < -0.4 is 0 Å².